The number of ketones is 1. The number of amides is 1. The molecule has 0 aliphatic rings. The van der Waals surface area contributed by atoms with Gasteiger partial charge in [-0.3, -0.25) is 14.0 Å². The molecule has 2 heterocycles. The Morgan fingerprint density at radius 2 is 1.95 bits per heavy atom. The van der Waals surface area contributed by atoms with E-state index in [0.717, 1.165) is 11.2 Å². The molecule has 22 heavy (non-hydrogen) atoms. The van der Waals surface area contributed by atoms with Crippen molar-refractivity contribution in [2.24, 2.45) is 0 Å². The molecular formula is C17H15N3O2. The van der Waals surface area contributed by atoms with Gasteiger partial charge in [0.15, 0.2) is 5.78 Å². The van der Waals surface area contributed by atoms with E-state index < -0.39 is 0 Å². The van der Waals surface area contributed by atoms with E-state index in [1.807, 2.05) is 31.3 Å². The minimum Gasteiger partial charge on any atom is -0.345 e. The number of nitrogens with zero attached hydrogens (tertiary/aromatic N) is 2. The topological polar surface area (TPSA) is 63.5 Å². The maximum Gasteiger partial charge on any atom is 0.251 e. The molecule has 0 aliphatic heterocycles. The number of carbonyl (C=O) groups excluding carboxylic acids is 2. The number of pyridine rings is 1. The van der Waals surface area contributed by atoms with Crippen molar-refractivity contribution in [3.8, 4) is 0 Å². The molecular weight excluding hydrogens is 278 g/mol. The molecule has 0 aliphatic carbocycles. The zero-order valence-corrected chi connectivity index (χ0v) is 12.1. The lowest BCUT2D eigenvalue weighted by Gasteiger charge is -2.05. The summed E-state index contributed by atoms with van der Waals surface area (Å²) in [5.74, 6) is -0.445. The smallest absolute Gasteiger partial charge is 0.251 e. The average Bonchev–Trinajstić information content (AvgIpc) is 2.96. The standard InChI is InChI=1S/C17H15N3O2/c1-12-7-8-20-14(10-18-16(20)9-12)15(21)11-19-17(22)13-5-3-2-4-6-13/h2-10H,11H2,1H3,(H,19,22). The van der Waals surface area contributed by atoms with Crippen molar-refractivity contribution in [1.82, 2.24) is 14.7 Å². The third kappa shape index (κ3) is 2.74. The number of rotatable bonds is 4. The summed E-state index contributed by atoms with van der Waals surface area (Å²) in [5, 5.41) is 2.63. The van der Waals surface area contributed by atoms with E-state index in [1.165, 1.54) is 6.20 Å². The normalized spacial score (nSPS) is 10.6. The Balaban J connectivity index is 1.73. The van der Waals surface area contributed by atoms with E-state index in [1.54, 1.807) is 28.7 Å². The molecule has 110 valence electrons. The minimum absolute atomic E-state index is 0.0601. The fourth-order valence-electron chi connectivity index (χ4n) is 2.23. The second-order valence-electron chi connectivity index (χ2n) is 5.05. The second-order valence-corrected chi connectivity index (χ2v) is 5.05. The monoisotopic (exact) mass is 293 g/mol. The largest absolute Gasteiger partial charge is 0.345 e. The molecule has 0 radical (unpaired) electrons. The van der Waals surface area contributed by atoms with Crippen molar-refractivity contribution in [2.45, 2.75) is 6.92 Å². The van der Waals surface area contributed by atoms with E-state index >= 15 is 0 Å². The van der Waals surface area contributed by atoms with Crippen LogP contribution in [0.15, 0.2) is 54.9 Å². The number of Topliss-reactive ketones (excluding diaryl/α,β-unsaturated/α-hetero) is 1. The van der Waals surface area contributed by atoms with Gasteiger partial charge in [0, 0.05) is 11.8 Å². The van der Waals surface area contributed by atoms with E-state index in [4.69, 9.17) is 0 Å². The van der Waals surface area contributed by atoms with Crippen LogP contribution in [0, 0.1) is 6.92 Å². The summed E-state index contributed by atoms with van der Waals surface area (Å²) in [5.41, 5.74) is 2.79. The van der Waals surface area contributed by atoms with E-state index in [-0.39, 0.29) is 18.2 Å². The Morgan fingerprint density at radius 3 is 2.73 bits per heavy atom. The lowest BCUT2D eigenvalue weighted by Crippen LogP contribution is -2.30. The van der Waals surface area contributed by atoms with E-state index in [2.05, 4.69) is 10.3 Å². The van der Waals surface area contributed by atoms with Gasteiger partial charge in [0.25, 0.3) is 5.91 Å². The first-order valence-corrected chi connectivity index (χ1v) is 6.95. The Kier molecular flexibility index (Phi) is 3.70. The van der Waals surface area contributed by atoms with Crippen LogP contribution in [-0.2, 0) is 0 Å². The lowest BCUT2D eigenvalue weighted by molar-refractivity contribution is 0.0902. The van der Waals surface area contributed by atoms with Gasteiger partial charge in [-0.15, -0.1) is 0 Å². The molecule has 0 unspecified atom stereocenters. The number of aromatic nitrogens is 2. The van der Waals surface area contributed by atoms with Gasteiger partial charge in [-0.1, -0.05) is 18.2 Å². The highest BCUT2D eigenvalue weighted by Gasteiger charge is 2.13. The van der Waals surface area contributed by atoms with Gasteiger partial charge >= 0.3 is 0 Å². The van der Waals surface area contributed by atoms with Gasteiger partial charge in [-0.2, -0.15) is 0 Å². The Hall–Kier alpha value is -2.95. The van der Waals surface area contributed by atoms with Crippen LogP contribution in [0.5, 0.6) is 0 Å². The molecule has 2 aromatic heterocycles. The van der Waals surface area contributed by atoms with Crippen molar-refractivity contribution >= 4 is 17.3 Å². The first kappa shape index (κ1) is 14.0. The minimum atomic E-state index is -0.265. The highest BCUT2D eigenvalue weighted by atomic mass is 16.2. The van der Waals surface area contributed by atoms with Gasteiger partial charge in [0.1, 0.15) is 11.3 Å². The summed E-state index contributed by atoms with van der Waals surface area (Å²) in [6.07, 6.45) is 3.34. The molecule has 1 amide bonds. The van der Waals surface area contributed by atoms with Gasteiger partial charge in [-0.25, -0.2) is 4.98 Å². The number of nitrogens with one attached hydrogen (secondary N) is 1. The first-order valence-electron chi connectivity index (χ1n) is 6.95. The van der Waals surface area contributed by atoms with Crippen LogP contribution >= 0.6 is 0 Å². The van der Waals surface area contributed by atoms with Crippen LogP contribution in [0.4, 0.5) is 0 Å². The van der Waals surface area contributed by atoms with Crippen molar-refractivity contribution in [1.29, 1.82) is 0 Å². The first-order chi connectivity index (χ1) is 10.6. The molecule has 1 aromatic carbocycles. The van der Waals surface area contributed by atoms with Gasteiger partial charge in [0.05, 0.1) is 12.7 Å². The predicted octanol–water partition coefficient (Wildman–Crippen LogP) is 2.26. The zero-order chi connectivity index (χ0) is 15.5. The van der Waals surface area contributed by atoms with Crippen LogP contribution in [0.25, 0.3) is 5.65 Å². The van der Waals surface area contributed by atoms with Crippen LogP contribution in [-0.4, -0.2) is 27.6 Å². The lowest BCUT2D eigenvalue weighted by atomic mass is 10.2. The number of imidazole rings is 1. The van der Waals surface area contributed by atoms with Crippen molar-refractivity contribution in [2.75, 3.05) is 6.54 Å². The number of carbonyl (C=O) groups is 2. The third-order valence-corrected chi connectivity index (χ3v) is 3.40. The molecule has 3 aromatic rings. The van der Waals surface area contributed by atoms with Crippen molar-refractivity contribution in [3.05, 3.63) is 71.7 Å². The van der Waals surface area contributed by atoms with Crippen LogP contribution < -0.4 is 5.32 Å². The maximum atomic E-state index is 12.3. The van der Waals surface area contributed by atoms with Crippen molar-refractivity contribution in [3.63, 3.8) is 0 Å². The number of hydrogen-bond acceptors (Lipinski definition) is 3. The fourth-order valence-corrected chi connectivity index (χ4v) is 2.23. The summed E-state index contributed by atoms with van der Waals surface area (Å²) in [6.45, 7) is 1.91. The average molecular weight is 293 g/mol. The molecule has 3 rings (SSSR count). The quantitative estimate of drug-likeness (QED) is 0.750. The number of hydrogen-bond donors (Lipinski definition) is 1. The van der Waals surface area contributed by atoms with Gasteiger partial charge in [0.2, 0.25) is 0 Å². The third-order valence-electron chi connectivity index (χ3n) is 3.40. The molecule has 0 atom stereocenters. The molecule has 0 saturated carbocycles. The van der Waals surface area contributed by atoms with Crippen LogP contribution in [0.3, 0.4) is 0 Å². The second kappa shape index (κ2) is 5.81. The summed E-state index contributed by atoms with van der Waals surface area (Å²) in [4.78, 5) is 28.4. The molecule has 5 heteroatoms. The molecule has 5 nitrogen and oxygen atoms in total. The summed E-state index contributed by atoms with van der Waals surface area (Å²) >= 11 is 0. The molecule has 0 spiro atoms. The fraction of sp³-hybridized carbons (Fsp3) is 0.118. The molecule has 1 N–H and O–H groups in total. The van der Waals surface area contributed by atoms with E-state index in [0.29, 0.717) is 11.3 Å². The number of aryl methyl sites for hydroxylation is 1. The highest BCUT2D eigenvalue weighted by molar-refractivity contribution is 6.01. The van der Waals surface area contributed by atoms with Crippen LogP contribution in [0.2, 0.25) is 0 Å². The van der Waals surface area contributed by atoms with Gasteiger partial charge < -0.3 is 5.32 Å². The zero-order valence-electron chi connectivity index (χ0n) is 12.1. The Bertz CT molecular complexity index is 837. The van der Waals surface area contributed by atoms with Crippen LogP contribution in [0.1, 0.15) is 26.4 Å². The number of fused-ring (bicyclic) bond motifs is 1. The number of benzene rings is 1. The molecule has 0 saturated heterocycles. The SMILES string of the molecule is Cc1ccn2c(C(=O)CNC(=O)c3ccccc3)cnc2c1. The summed E-state index contributed by atoms with van der Waals surface area (Å²) in [6, 6.07) is 12.6. The predicted molar refractivity (Wildman–Crippen MR) is 83.0 cm³/mol. The Labute approximate surface area is 127 Å². The molecule has 0 fully saturated rings. The summed E-state index contributed by atoms with van der Waals surface area (Å²) < 4.78 is 1.73. The maximum absolute atomic E-state index is 12.3. The Morgan fingerprint density at radius 1 is 1.18 bits per heavy atom. The summed E-state index contributed by atoms with van der Waals surface area (Å²) in [7, 11) is 0. The highest BCUT2D eigenvalue weighted by Crippen LogP contribution is 2.09. The van der Waals surface area contributed by atoms with Crippen molar-refractivity contribution < 1.29 is 9.59 Å². The van der Waals surface area contributed by atoms with E-state index in [9.17, 15) is 9.59 Å². The van der Waals surface area contributed by atoms with Gasteiger partial charge in [-0.05, 0) is 36.8 Å². The molecule has 0 bridgehead atoms.